The van der Waals surface area contributed by atoms with Crippen molar-refractivity contribution < 1.29 is 0 Å². The molecule has 1 aliphatic rings. The summed E-state index contributed by atoms with van der Waals surface area (Å²) < 4.78 is 2.00. The van der Waals surface area contributed by atoms with Crippen molar-refractivity contribution in [3.8, 4) is 22.4 Å². The molecule has 134 valence electrons. The van der Waals surface area contributed by atoms with E-state index in [9.17, 15) is 0 Å². The molecule has 0 unspecified atom stereocenters. The molecule has 0 saturated heterocycles. The van der Waals surface area contributed by atoms with Crippen LogP contribution in [-0.2, 0) is 5.54 Å². The molecule has 0 amide bonds. The first-order valence-electron chi connectivity index (χ1n) is 9.44. The van der Waals surface area contributed by atoms with Crippen molar-refractivity contribution in [2.45, 2.75) is 31.7 Å². The summed E-state index contributed by atoms with van der Waals surface area (Å²) in [5, 5.41) is 0. The molecule has 4 aromatic rings. The van der Waals surface area contributed by atoms with E-state index in [0.29, 0.717) is 0 Å². The van der Waals surface area contributed by atoms with Crippen LogP contribution < -0.4 is 5.73 Å². The lowest BCUT2D eigenvalue weighted by atomic mass is 9.72. The van der Waals surface area contributed by atoms with Crippen LogP contribution in [0.25, 0.3) is 28.2 Å². The Labute approximate surface area is 158 Å². The summed E-state index contributed by atoms with van der Waals surface area (Å²) in [6, 6.07) is 19.0. The normalized spacial score (nSPS) is 15.6. The molecule has 2 aromatic heterocycles. The minimum atomic E-state index is -0.141. The highest BCUT2D eigenvalue weighted by atomic mass is 15.1. The van der Waals surface area contributed by atoms with Crippen molar-refractivity contribution in [1.82, 2.24) is 14.4 Å². The van der Waals surface area contributed by atoms with Gasteiger partial charge in [-0.3, -0.25) is 4.40 Å². The number of hydrogen-bond donors (Lipinski definition) is 1. The summed E-state index contributed by atoms with van der Waals surface area (Å²) in [5.74, 6) is 0.723. The average Bonchev–Trinajstić information content (AvgIpc) is 3.05. The minimum absolute atomic E-state index is 0.141. The monoisotopic (exact) mass is 354 g/mol. The summed E-state index contributed by atoms with van der Waals surface area (Å²) >= 11 is 0. The van der Waals surface area contributed by atoms with Gasteiger partial charge in [0.25, 0.3) is 0 Å². The molecular formula is C23H22N4. The van der Waals surface area contributed by atoms with E-state index in [1.807, 2.05) is 23.6 Å². The molecule has 1 saturated carbocycles. The SMILES string of the molecule is Cc1cn2cc(-c3ccccc3)c(-c3ccc(C4(N)CCC4)cc3)nc2n1. The molecule has 2 N–H and O–H groups in total. The maximum Gasteiger partial charge on any atom is 0.234 e. The number of aryl methyl sites for hydroxylation is 1. The third-order valence-corrected chi connectivity index (χ3v) is 5.63. The van der Waals surface area contributed by atoms with Gasteiger partial charge >= 0.3 is 0 Å². The predicted octanol–water partition coefficient (Wildman–Crippen LogP) is 4.71. The van der Waals surface area contributed by atoms with Gasteiger partial charge in [-0.2, -0.15) is 0 Å². The van der Waals surface area contributed by atoms with E-state index in [-0.39, 0.29) is 5.54 Å². The van der Waals surface area contributed by atoms with Gasteiger partial charge < -0.3 is 5.73 Å². The zero-order valence-corrected chi connectivity index (χ0v) is 15.4. The molecular weight excluding hydrogens is 332 g/mol. The number of rotatable bonds is 3. The van der Waals surface area contributed by atoms with Crippen molar-refractivity contribution in [3.05, 3.63) is 78.2 Å². The Morgan fingerprint density at radius 2 is 1.63 bits per heavy atom. The summed E-state index contributed by atoms with van der Waals surface area (Å²) in [6.45, 7) is 1.99. The number of hydrogen-bond acceptors (Lipinski definition) is 3. The van der Waals surface area contributed by atoms with Crippen LogP contribution in [0, 0.1) is 6.92 Å². The van der Waals surface area contributed by atoms with E-state index in [1.165, 1.54) is 12.0 Å². The smallest absolute Gasteiger partial charge is 0.234 e. The first-order chi connectivity index (χ1) is 13.1. The lowest BCUT2D eigenvalue weighted by Crippen LogP contribution is -2.43. The summed E-state index contributed by atoms with van der Waals surface area (Å²) in [5.41, 5.74) is 12.8. The summed E-state index contributed by atoms with van der Waals surface area (Å²) in [6.07, 6.45) is 7.49. The zero-order valence-electron chi connectivity index (χ0n) is 15.4. The third-order valence-electron chi connectivity index (χ3n) is 5.63. The highest BCUT2D eigenvalue weighted by Gasteiger charge is 2.34. The molecule has 5 rings (SSSR count). The van der Waals surface area contributed by atoms with Crippen molar-refractivity contribution in [1.29, 1.82) is 0 Å². The highest BCUT2D eigenvalue weighted by Crippen LogP contribution is 2.39. The lowest BCUT2D eigenvalue weighted by molar-refractivity contribution is 0.253. The fourth-order valence-electron chi connectivity index (χ4n) is 3.90. The van der Waals surface area contributed by atoms with Gasteiger partial charge in [0.05, 0.1) is 11.4 Å². The lowest BCUT2D eigenvalue weighted by Gasteiger charge is -2.38. The van der Waals surface area contributed by atoms with Gasteiger partial charge in [-0.25, -0.2) is 9.97 Å². The second-order valence-corrected chi connectivity index (χ2v) is 7.55. The van der Waals surface area contributed by atoms with Gasteiger partial charge in [0.15, 0.2) is 0 Å². The quantitative estimate of drug-likeness (QED) is 0.580. The molecule has 2 heterocycles. The number of fused-ring (bicyclic) bond motifs is 1. The molecule has 1 fully saturated rings. The van der Waals surface area contributed by atoms with Crippen LogP contribution in [0.4, 0.5) is 0 Å². The van der Waals surface area contributed by atoms with Crippen molar-refractivity contribution >= 4 is 5.78 Å². The van der Waals surface area contributed by atoms with Crippen LogP contribution in [0.5, 0.6) is 0 Å². The number of nitrogens with zero attached hydrogens (tertiary/aromatic N) is 3. The van der Waals surface area contributed by atoms with Crippen molar-refractivity contribution in [2.24, 2.45) is 5.73 Å². The molecule has 27 heavy (non-hydrogen) atoms. The van der Waals surface area contributed by atoms with Crippen LogP contribution in [0.1, 0.15) is 30.5 Å². The average molecular weight is 354 g/mol. The summed E-state index contributed by atoms with van der Waals surface area (Å²) in [7, 11) is 0. The fourth-order valence-corrected chi connectivity index (χ4v) is 3.90. The molecule has 2 aromatic carbocycles. The Morgan fingerprint density at radius 1 is 0.889 bits per heavy atom. The molecule has 0 spiro atoms. The molecule has 4 heteroatoms. The molecule has 4 nitrogen and oxygen atoms in total. The van der Waals surface area contributed by atoms with E-state index in [2.05, 4.69) is 59.7 Å². The highest BCUT2D eigenvalue weighted by molar-refractivity contribution is 5.81. The number of nitrogens with two attached hydrogens (primary N) is 1. The second kappa shape index (κ2) is 6.03. The van der Waals surface area contributed by atoms with Crippen LogP contribution in [0.3, 0.4) is 0 Å². The first kappa shape index (κ1) is 16.2. The minimum Gasteiger partial charge on any atom is -0.321 e. The Hall–Kier alpha value is -2.98. The van der Waals surface area contributed by atoms with Gasteiger partial charge in [-0.05, 0) is 37.3 Å². The maximum absolute atomic E-state index is 6.48. The number of benzene rings is 2. The Kier molecular flexibility index (Phi) is 3.62. The standard InChI is InChI=1S/C23H22N4/c1-16-14-27-15-20(17-6-3-2-4-7-17)21(26-22(27)25-16)18-8-10-19(11-9-18)23(24)12-5-13-23/h2-4,6-11,14-15H,5,12-13,24H2,1H3. The van der Waals surface area contributed by atoms with Crippen molar-refractivity contribution in [3.63, 3.8) is 0 Å². The largest absolute Gasteiger partial charge is 0.321 e. The Morgan fingerprint density at radius 3 is 2.30 bits per heavy atom. The number of aromatic nitrogens is 3. The van der Waals surface area contributed by atoms with E-state index >= 15 is 0 Å². The van der Waals surface area contributed by atoms with Gasteiger partial charge in [-0.15, -0.1) is 0 Å². The van der Waals surface area contributed by atoms with Crippen LogP contribution >= 0.6 is 0 Å². The van der Waals surface area contributed by atoms with Crippen LogP contribution in [0.15, 0.2) is 67.0 Å². The van der Waals surface area contributed by atoms with E-state index < -0.39 is 0 Å². The van der Waals surface area contributed by atoms with E-state index in [0.717, 1.165) is 46.7 Å². The van der Waals surface area contributed by atoms with Gasteiger partial charge in [0.2, 0.25) is 5.78 Å². The third kappa shape index (κ3) is 2.73. The zero-order chi connectivity index (χ0) is 18.4. The van der Waals surface area contributed by atoms with Gasteiger partial charge in [0.1, 0.15) is 0 Å². The Bertz CT molecular complexity index is 1110. The topological polar surface area (TPSA) is 56.2 Å². The molecule has 0 aliphatic heterocycles. The number of imidazole rings is 1. The van der Waals surface area contributed by atoms with Crippen LogP contribution in [-0.4, -0.2) is 14.4 Å². The predicted molar refractivity (Wildman–Crippen MR) is 108 cm³/mol. The van der Waals surface area contributed by atoms with Crippen LogP contribution in [0.2, 0.25) is 0 Å². The second-order valence-electron chi connectivity index (χ2n) is 7.55. The van der Waals surface area contributed by atoms with Crippen molar-refractivity contribution in [2.75, 3.05) is 0 Å². The molecule has 1 aliphatic carbocycles. The Balaban J connectivity index is 1.67. The summed E-state index contributed by atoms with van der Waals surface area (Å²) in [4.78, 5) is 9.43. The first-order valence-corrected chi connectivity index (χ1v) is 9.44. The fraction of sp³-hybridized carbons (Fsp3) is 0.217. The van der Waals surface area contributed by atoms with E-state index in [4.69, 9.17) is 10.7 Å². The molecule has 0 atom stereocenters. The molecule has 0 radical (unpaired) electrons. The van der Waals surface area contributed by atoms with Gasteiger partial charge in [-0.1, -0.05) is 54.6 Å². The van der Waals surface area contributed by atoms with Gasteiger partial charge in [0, 0.05) is 29.1 Å². The molecule has 0 bridgehead atoms. The van der Waals surface area contributed by atoms with E-state index in [1.54, 1.807) is 0 Å². The maximum atomic E-state index is 6.48.